The molecule has 0 saturated carbocycles. The van der Waals surface area contributed by atoms with Gasteiger partial charge in [0.25, 0.3) is 5.91 Å². The van der Waals surface area contributed by atoms with E-state index in [1.807, 2.05) is 0 Å². The Hall–Kier alpha value is -3.40. The summed E-state index contributed by atoms with van der Waals surface area (Å²) in [5, 5.41) is 6.37. The molecular weight excluding hydrogens is 571 g/mol. The lowest BCUT2D eigenvalue weighted by Crippen LogP contribution is -2.34. The topological polar surface area (TPSA) is 102 Å². The van der Waals surface area contributed by atoms with Crippen LogP contribution in [0.4, 0.5) is 20.4 Å². The lowest BCUT2D eigenvalue weighted by molar-refractivity contribution is -0.128. The van der Waals surface area contributed by atoms with Crippen molar-refractivity contribution in [1.29, 1.82) is 0 Å². The normalized spacial score (nSPS) is 11.6. The van der Waals surface area contributed by atoms with Crippen LogP contribution in [0, 0.1) is 17.0 Å². The zero-order valence-electron chi connectivity index (χ0n) is 21.1. The number of imidazole rings is 1. The van der Waals surface area contributed by atoms with Gasteiger partial charge in [-0.15, -0.1) is 0 Å². The van der Waals surface area contributed by atoms with Crippen molar-refractivity contribution >= 4 is 69.3 Å². The highest BCUT2D eigenvalue weighted by Crippen LogP contribution is 2.37. The summed E-state index contributed by atoms with van der Waals surface area (Å²) in [4.78, 5) is 28.6. The Labute approximate surface area is 238 Å². The van der Waals surface area contributed by atoms with Crippen LogP contribution in [0.15, 0.2) is 42.5 Å². The van der Waals surface area contributed by atoms with E-state index in [-0.39, 0.29) is 51.1 Å². The number of amides is 2. The highest BCUT2D eigenvalue weighted by Gasteiger charge is 2.23. The number of fused-ring (bicyclic) bond motifs is 1. The van der Waals surface area contributed by atoms with Crippen molar-refractivity contribution < 1.29 is 18.4 Å². The molecule has 0 bridgehead atoms. The molecule has 39 heavy (non-hydrogen) atoms. The number of anilines is 2. The van der Waals surface area contributed by atoms with Crippen molar-refractivity contribution in [3.05, 3.63) is 85.9 Å². The number of halogens is 5. The summed E-state index contributed by atoms with van der Waals surface area (Å²) in [6.45, 7) is 5.64. The molecule has 1 heterocycles. The number of carbonyl (C=O) groups excluding carboxylic acids is 2. The van der Waals surface area contributed by atoms with Gasteiger partial charge in [0.2, 0.25) is 11.9 Å². The van der Waals surface area contributed by atoms with Crippen LogP contribution in [0.25, 0.3) is 11.0 Å². The Morgan fingerprint density at radius 2 is 1.72 bits per heavy atom. The molecule has 3 aromatic carbocycles. The highest BCUT2D eigenvalue weighted by atomic mass is 35.5. The van der Waals surface area contributed by atoms with Crippen LogP contribution in [0.1, 0.15) is 42.3 Å². The van der Waals surface area contributed by atoms with Crippen molar-refractivity contribution in [1.82, 2.24) is 14.9 Å². The standard InChI is InChI=1S/C27H24Cl3F2N5O2/c1-27(2,3)25(39)34-11-14-5-6-16(28)23(22(14)30)36-26-35-20-9-15(24(33)38)19(32)10-21(20)37(26)12-13-4-7-18(31)17(29)8-13/h4-10H,11-12H2,1-3H3,(H2,33,38)(H,34,39)(H,35,36). The Morgan fingerprint density at radius 1 is 1.00 bits per heavy atom. The van der Waals surface area contributed by atoms with Gasteiger partial charge in [-0.05, 0) is 35.4 Å². The Morgan fingerprint density at radius 3 is 2.36 bits per heavy atom. The smallest absolute Gasteiger partial charge is 0.251 e. The summed E-state index contributed by atoms with van der Waals surface area (Å²) >= 11 is 19.1. The maximum atomic E-state index is 14.7. The van der Waals surface area contributed by atoms with Crippen molar-refractivity contribution in [2.24, 2.45) is 11.1 Å². The molecule has 0 fully saturated rings. The molecular formula is C27H24Cl3F2N5O2. The monoisotopic (exact) mass is 593 g/mol. The maximum absolute atomic E-state index is 14.7. The number of rotatable bonds is 7. The second kappa shape index (κ2) is 11.0. The number of carbonyl (C=O) groups is 2. The maximum Gasteiger partial charge on any atom is 0.251 e. The molecule has 0 aliphatic heterocycles. The van der Waals surface area contributed by atoms with E-state index in [4.69, 9.17) is 40.5 Å². The summed E-state index contributed by atoms with van der Waals surface area (Å²) in [6.07, 6.45) is 0. The molecule has 0 radical (unpaired) electrons. The van der Waals surface area contributed by atoms with E-state index in [0.29, 0.717) is 22.3 Å². The van der Waals surface area contributed by atoms with E-state index in [0.717, 1.165) is 6.07 Å². The van der Waals surface area contributed by atoms with Crippen LogP contribution in [0.2, 0.25) is 15.1 Å². The van der Waals surface area contributed by atoms with E-state index in [1.165, 1.54) is 24.3 Å². The predicted molar refractivity (Wildman–Crippen MR) is 150 cm³/mol. The first kappa shape index (κ1) is 28.6. The Kier molecular flexibility index (Phi) is 8.07. The van der Waals surface area contributed by atoms with E-state index < -0.39 is 23.0 Å². The summed E-state index contributed by atoms with van der Waals surface area (Å²) in [6, 6.07) is 9.89. The molecule has 12 heteroatoms. The van der Waals surface area contributed by atoms with Gasteiger partial charge in [-0.2, -0.15) is 0 Å². The van der Waals surface area contributed by atoms with Crippen LogP contribution in [-0.4, -0.2) is 21.4 Å². The first-order chi connectivity index (χ1) is 18.3. The second-order valence-electron chi connectivity index (χ2n) is 9.91. The quantitative estimate of drug-likeness (QED) is 0.218. The molecule has 2 amide bonds. The third kappa shape index (κ3) is 6.11. The van der Waals surface area contributed by atoms with Gasteiger partial charge in [0, 0.05) is 18.0 Å². The lowest BCUT2D eigenvalue weighted by atomic mass is 9.95. The van der Waals surface area contributed by atoms with Gasteiger partial charge in [-0.25, -0.2) is 13.8 Å². The first-order valence-electron chi connectivity index (χ1n) is 11.7. The van der Waals surface area contributed by atoms with Crippen molar-refractivity contribution in [2.45, 2.75) is 33.9 Å². The fraction of sp³-hybridized carbons (Fsp3) is 0.222. The lowest BCUT2D eigenvalue weighted by Gasteiger charge is -2.19. The molecule has 1 aromatic heterocycles. The third-order valence-corrected chi connectivity index (χ3v) is 6.99. The Bertz CT molecular complexity index is 1620. The number of nitrogens with two attached hydrogens (primary N) is 1. The second-order valence-corrected chi connectivity index (χ2v) is 11.1. The van der Waals surface area contributed by atoms with Gasteiger partial charge in [0.05, 0.1) is 43.9 Å². The number of nitrogens with zero attached hydrogens (tertiary/aromatic N) is 2. The van der Waals surface area contributed by atoms with Gasteiger partial charge in [-0.3, -0.25) is 9.59 Å². The fourth-order valence-corrected chi connectivity index (χ4v) is 4.54. The number of hydrogen-bond donors (Lipinski definition) is 3. The van der Waals surface area contributed by atoms with Crippen LogP contribution < -0.4 is 16.4 Å². The van der Waals surface area contributed by atoms with Gasteiger partial charge in [-0.1, -0.05) is 67.7 Å². The molecule has 0 atom stereocenters. The van der Waals surface area contributed by atoms with E-state index in [9.17, 15) is 18.4 Å². The number of benzene rings is 3. The summed E-state index contributed by atoms with van der Waals surface area (Å²) < 4.78 is 30.1. The van der Waals surface area contributed by atoms with Gasteiger partial charge < -0.3 is 20.9 Å². The van der Waals surface area contributed by atoms with Gasteiger partial charge in [0.1, 0.15) is 11.6 Å². The fourth-order valence-electron chi connectivity index (χ4n) is 3.81. The molecule has 7 nitrogen and oxygen atoms in total. The number of hydrogen-bond acceptors (Lipinski definition) is 4. The minimum Gasteiger partial charge on any atom is -0.366 e. The average molecular weight is 595 g/mol. The molecule has 4 aromatic rings. The van der Waals surface area contributed by atoms with Gasteiger partial charge in [0.15, 0.2) is 0 Å². The molecule has 0 aliphatic carbocycles. The van der Waals surface area contributed by atoms with Crippen molar-refractivity contribution in [3.8, 4) is 0 Å². The van der Waals surface area contributed by atoms with Crippen LogP contribution >= 0.6 is 34.8 Å². The van der Waals surface area contributed by atoms with Crippen molar-refractivity contribution in [3.63, 3.8) is 0 Å². The van der Waals surface area contributed by atoms with Crippen LogP contribution in [-0.2, 0) is 17.9 Å². The summed E-state index contributed by atoms with van der Waals surface area (Å²) in [5.41, 5.74) is 6.48. The highest BCUT2D eigenvalue weighted by molar-refractivity contribution is 6.39. The molecule has 0 aliphatic rings. The minimum absolute atomic E-state index is 0.0790. The van der Waals surface area contributed by atoms with E-state index in [2.05, 4.69) is 15.6 Å². The molecule has 4 N–H and O–H groups in total. The number of primary amides is 1. The largest absolute Gasteiger partial charge is 0.366 e. The zero-order valence-corrected chi connectivity index (χ0v) is 23.4. The molecule has 0 saturated heterocycles. The van der Waals surface area contributed by atoms with Crippen LogP contribution in [0.5, 0.6) is 0 Å². The van der Waals surface area contributed by atoms with Crippen molar-refractivity contribution in [2.75, 3.05) is 5.32 Å². The molecule has 204 valence electrons. The third-order valence-electron chi connectivity index (χ3n) is 5.96. The number of nitrogens with one attached hydrogen (secondary N) is 2. The summed E-state index contributed by atoms with van der Waals surface area (Å²) in [5.74, 6) is -2.31. The first-order valence-corrected chi connectivity index (χ1v) is 12.9. The number of aromatic nitrogens is 2. The zero-order chi connectivity index (χ0) is 28.6. The Balaban J connectivity index is 1.79. The average Bonchev–Trinajstić information content (AvgIpc) is 3.17. The minimum atomic E-state index is -0.945. The van der Waals surface area contributed by atoms with Gasteiger partial charge >= 0.3 is 0 Å². The SMILES string of the molecule is CC(C)(C)C(=O)NCc1ccc(Cl)c(Nc2nc3cc(C(N)=O)c(F)cc3n2Cc2ccc(F)c(Cl)c2)c1Cl. The van der Waals surface area contributed by atoms with E-state index in [1.54, 1.807) is 37.5 Å². The molecule has 0 spiro atoms. The molecule has 0 unspecified atom stereocenters. The van der Waals surface area contributed by atoms with Crippen LogP contribution in [0.3, 0.4) is 0 Å². The van der Waals surface area contributed by atoms with E-state index >= 15 is 0 Å². The molecule has 4 rings (SSSR count). The summed E-state index contributed by atoms with van der Waals surface area (Å²) in [7, 11) is 0. The predicted octanol–water partition coefficient (Wildman–Crippen LogP) is 6.83.